The van der Waals surface area contributed by atoms with Crippen molar-refractivity contribution in [3.63, 3.8) is 0 Å². The Morgan fingerprint density at radius 2 is 1.77 bits per heavy atom. The number of amides is 1. The van der Waals surface area contributed by atoms with Crippen LogP contribution in [-0.2, 0) is 14.3 Å². The normalized spacial score (nSPS) is 21.7. The van der Waals surface area contributed by atoms with Crippen LogP contribution in [0.2, 0.25) is 0 Å². The van der Waals surface area contributed by atoms with Crippen LogP contribution >= 0.6 is 0 Å². The molecule has 0 spiro atoms. The molecule has 1 aromatic carbocycles. The smallest absolute Gasteiger partial charge is 0.408 e. The van der Waals surface area contributed by atoms with Gasteiger partial charge in [-0.25, -0.2) is 9.59 Å². The standard InChI is InChI=1S/C20H29NO5/c1-20(2,3)26-19(24)21-17(18(22)23)13-25-16-11-9-15(10-12-16)14-7-5-4-6-8-14/h4-8,15-17H,9-13H2,1-3H3,(H,21,24)(H,22,23). The van der Waals surface area contributed by atoms with Gasteiger partial charge in [-0.2, -0.15) is 0 Å². The highest BCUT2D eigenvalue weighted by Gasteiger charge is 2.27. The second-order valence-corrected chi connectivity index (χ2v) is 7.75. The molecule has 1 aliphatic rings. The number of carboxylic acids is 1. The minimum Gasteiger partial charge on any atom is -0.480 e. The summed E-state index contributed by atoms with van der Waals surface area (Å²) in [6, 6.07) is 9.31. The van der Waals surface area contributed by atoms with Gasteiger partial charge in [-0.15, -0.1) is 0 Å². The predicted octanol–water partition coefficient (Wildman–Crippen LogP) is 3.71. The zero-order valence-electron chi connectivity index (χ0n) is 15.7. The van der Waals surface area contributed by atoms with Gasteiger partial charge in [-0.1, -0.05) is 30.3 Å². The third-order valence-electron chi connectivity index (χ3n) is 4.43. The maximum absolute atomic E-state index is 11.8. The number of aliphatic carboxylic acids is 1. The van der Waals surface area contributed by atoms with Gasteiger partial charge in [0.05, 0.1) is 12.7 Å². The Bertz CT molecular complexity index is 588. The van der Waals surface area contributed by atoms with E-state index in [2.05, 4.69) is 29.6 Å². The van der Waals surface area contributed by atoms with Crippen LogP contribution in [0.5, 0.6) is 0 Å². The van der Waals surface area contributed by atoms with Crippen LogP contribution in [0.3, 0.4) is 0 Å². The average molecular weight is 363 g/mol. The summed E-state index contributed by atoms with van der Waals surface area (Å²) in [5, 5.41) is 11.7. The molecule has 1 saturated carbocycles. The van der Waals surface area contributed by atoms with Crippen LogP contribution in [0.1, 0.15) is 57.9 Å². The highest BCUT2D eigenvalue weighted by atomic mass is 16.6. The van der Waals surface area contributed by atoms with Crippen LogP contribution in [-0.4, -0.2) is 41.5 Å². The van der Waals surface area contributed by atoms with Gasteiger partial charge < -0.3 is 19.9 Å². The van der Waals surface area contributed by atoms with Crippen molar-refractivity contribution in [3.05, 3.63) is 35.9 Å². The first-order valence-corrected chi connectivity index (χ1v) is 9.13. The van der Waals surface area contributed by atoms with Crippen molar-refractivity contribution < 1.29 is 24.2 Å². The molecule has 26 heavy (non-hydrogen) atoms. The van der Waals surface area contributed by atoms with E-state index >= 15 is 0 Å². The van der Waals surface area contributed by atoms with E-state index in [-0.39, 0.29) is 12.7 Å². The SMILES string of the molecule is CC(C)(C)OC(=O)NC(COC1CCC(c2ccccc2)CC1)C(=O)O. The number of nitrogens with one attached hydrogen (secondary N) is 1. The van der Waals surface area contributed by atoms with Crippen molar-refractivity contribution >= 4 is 12.1 Å². The second-order valence-electron chi connectivity index (χ2n) is 7.75. The summed E-state index contributed by atoms with van der Waals surface area (Å²) in [5.41, 5.74) is 0.671. The van der Waals surface area contributed by atoms with Crippen molar-refractivity contribution in [1.82, 2.24) is 5.32 Å². The number of carbonyl (C=O) groups excluding carboxylic acids is 1. The van der Waals surface area contributed by atoms with Crippen molar-refractivity contribution in [1.29, 1.82) is 0 Å². The van der Waals surface area contributed by atoms with Crippen molar-refractivity contribution in [2.24, 2.45) is 0 Å². The molecule has 0 aliphatic heterocycles. The molecular formula is C20H29NO5. The van der Waals surface area contributed by atoms with Crippen LogP contribution < -0.4 is 5.32 Å². The topological polar surface area (TPSA) is 84.9 Å². The molecule has 2 N–H and O–H groups in total. The minimum atomic E-state index is -1.13. The van der Waals surface area contributed by atoms with Crippen molar-refractivity contribution in [3.8, 4) is 0 Å². The third-order valence-corrected chi connectivity index (χ3v) is 4.43. The Labute approximate surface area is 154 Å². The number of benzene rings is 1. The lowest BCUT2D eigenvalue weighted by molar-refractivity contribution is -0.142. The van der Waals surface area contributed by atoms with Crippen LogP contribution in [0.4, 0.5) is 4.79 Å². The number of carboxylic acid groups (broad SMARTS) is 1. The summed E-state index contributed by atoms with van der Waals surface area (Å²) in [4.78, 5) is 23.1. The Kier molecular flexibility index (Phi) is 7.03. The van der Waals surface area contributed by atoms with Gasteiger partial charge in [0, 0.05) is 0 Å². The van der Waals surface area contributed by atoms with Gasteiger partial charge in [-0.05, 0) is 57.9 Å². The maximum Gasteiger partial charge on any atom is 0.408 e. The van der Waals surface area contributed by atoms with E-state index in [1.54, 1.807) is 20.8 Å². The van der Waals surface area contributed by atoms with Crippen LogP contribution in [0.15, 0.2) is 30.3 Å². The number of hydrogen-bond acceptors (Lipinski definition) is 4. The van der Waals surface area contributed by atoms with Gasteiger partial charge in [-0.3, -0.25) is 0 Å². The van der Waals surface area contributed by atoms with E-state index in [0.29, 0.717) is 5.92 Å². The molecule has 144 valence electrons. The van der Waals surface area contributed by atoms with Gasteiger partial charge in [0.25, 0.3) is 0 Å². The fourth-order valence-corrected chi connectivity index (χ4v) is 3.14. The van der Waals surface area contributed by atoms with Crippen molar-refractivity contribution in [2.75, 3.05) is 6.61 Å². The Morgan fingerprint density at radius 1 is 1.15 bits per heavy atom. The Hall–Kier alpha value is -2.08. The van der Waals surface area contributed by atoms with Crippen LogP contribution in [0.25, 0.3) is 0 Å². The Morgan fingerprint density at radius 3 is 2.31 bits per heavy atom. The molecule has 0 radical (unpaired) electrons. The second kappa shape index (κ2) is 9.03. The first kappa shape index (κ1) is 20.2. The summed E-state index contributed by atoms with van der Waals surface area (Å²) in [7, 11) is 0. The molecule has 0 saturated heterocycles. The summed E-state index contributed by atoms with van der Waals surface area (Å²) < 4.78 is 10.9. The van der Waals surface area contributed by atoms with Crippen LogP contribution in [0, 0.1) is 0 Å². The first-order chi connectivity index (χ1) is 12.2. The molecule has 1 aromatic rings. The number of hydrogen-bond donors (Lipinski definition) is 2. The average Bonchev–Trinajstić information content (AvgIpc) is 2.58. The largest absolute Gasteiger partial charge is 0.480 e. The number of alkyl carbamates (subject to hydrolysis) is 1. The Balaban J connectivity index is 1.77. The lowest BCUT2D eigenvalue weighted by Gasteiger charge is -2.30. The molecule has 0 bridgehead atoms. The van der Waals surface area contributed by atoms with E-state index in [0.717, 1.165) is 25.7 Å². The molecule has 0 aromatic heterocycles. The molecule has 1 amide bonds. The zero-order valence-corrected chi connectivity index (χ0v) is 15.7. The quantitative estimate of drug-likeness (QED) is 0.805. The predicted molar refractivity (Wildman–Crippen MR) is 98.2 cm³/mol. The maximum atomic E-state index is 11.8. The number of carbonyl (C=O) groups is 2. The minimum absolute atomic E-state index is 0.0252. The number of rotatable bonds is 6. The van der Waals surface area contributed by atoms with Gasteiger partial charge in [0.15, 0.2) is 6.04 Å². The first-order valence-electron chi connectivity index (χ1n) is 9.13. The molecule has 1 atom stereocenters. The fraction of sp³-hybridized carbons (Fsp3) is 0.600. The fourth-order valence-electron chi connectivity index (χ4n) is 3.14. The molecule has 2 rings (SSSR count). The van der Waals surface area contributed by atoms with E-state index in [1.807, 2.05) is 6.07 Å². The molecule has 1 unspecified atom stereocenters. The molecule has 1 fully saturated rings. The lowest BCUT2D eigenvalue weighted by atomic mass is 9.83. The zero-order chi connectivity index (χ0) is 19.2. The molecule has 6 nitrogen and oxygen atoms in total. The van der Waals surface area contributed by atoms with Gasteiger partial charge in [0.2, 0.25) is 0 Å². The summed E-state index contributed by atoms with van der Waals surface area (Å²) in [6.45, 7) is 5.12. The van der Waals surface area contributed by atoms with Gasteiger partial charge >= 0.3 is 12.1 Å². The highest BCUT2D eigenvalue weighted by molar-refractivity contribution is 5.80. The summed E-state index contributed by atoms with van der Waals surface area (Å²) in [5.74, 6) is -0.597. The monoisotopic (exact) mass is 363 g/mol. The molecular weight excluding hydrogens is 334 g/mol. The third kappa shape index (κ3) is 6.67. The van der Waals surface area contributed by atoms with E-state index < -0.39 is 23.7 Å². The number of ether oxygens (including phenoxy) is 2. The molecule has 1 aliphatic carbocycles. The van der Waals surface area contributed by atoms with E-state index in [9.17, 15) is 14.7 Å². The summed E-state index contributed by atoms with van der Waals surface area (Å²) >= 11 is 0. The van der Waals surface area contributed by atoms with Gasteiger partial charge in [0.1, 0.15) is 5.60 Å². The van der Waals surface area contributed by atoms with Crippen molar-refractivity contribution in [2.45, 2.75) is 70.1 Å². The van der Waals surface area contributed by atoms with E-state index in [4.69, 9.17) is 9.47 Å². The molecule has 6 heteroatoms. The van der Waals surface area contributed by atoms with E-state index in [1.165, 1.54) is 5.56 Å². The summed E-state index contributed by atoms with van der Waals surface area (Å²) in [6.07, 6.45) is 3.09. The molecule has 0 heterocycles. The lowest BCUT2D eigenvalue weighted by Crippen LogP contribution is -2.46. The highest BCUT2D eigenvalue weighted by Crippen LogP contribution is 2.33.